The van der Waals surface area contributed by atoms with Gasteiger partial charge < -0.3 is 14.2 Å². The molecule has 3 heterocycles. The number of ether oxygens (including phenoxy) is 1. The number of hydrogen-bond acceptors (Lipinski definition) is 6. The predicted octanol–water partition coefficient (Wildman–Crippen LogP) is 2.03. The molecule has 2 aliphatic heterocycles. The zero-order chi connectivity index (χ0) is 18.8. The average Bonchev–Trinajstić information content (AvgIpc) is 3.29. The van der Waals surface area contributed by atoms with Crippen LogP contribution < -0.4 is 0 Å². The largest absolute Gasteiger partial charge is 0.447 e. The molecule has 4 rings (SSSR count). The van der Waals surface area contributed by atoms with E-state index < -0.39 is 0 Å². The van der Waals surface area contributed by atoms with Gasteiger partial charge in [0.25, 0.3) is 0 Å². The molecule has 2 amide bonds. The molecule has 2 aromatic rings. The highest BCUT2D eigenvalue weighted by molar-refractivity contribution is 5.77. The number of amides is 2. The van der Waals surface area contributed by atoms with Crippen molar-refractivity contribution in [2.75, 3.05) is 26.2 Å². The lowest BCUT2D eigenvalue weighted by Crippen LogP contribution is -2.53. The van der Waals surface area contributed by atoms with Crippen molar-refractivity contribution in [1.82, 2.24) is 19.9 Å². The molecule has 1 aromatic heterocycles. The molecule has 2 aliphatic rings. The van der Waals surface area contributed by atoms with Gasteiger partial charge in [-0.05, 0) is 18.9 Å². The molecule has 2 fully saturated rings. The van der Waals surface area contributed by atoms with Gasteiger partial charge in [0.05, 0.1) is 6.04 Å². The maximum absolute atomic E-state index is 12.4. The van der Waals surface area contributed by atoms with E-state index in [0.717, 1.165) is 11.1 Å². The van der Waals surface area contributed by atoms with Crippen LogP contribution in [0.1, 0.15) is 24.3 Å². The van der Waals surface area contributed by atoms with Crippen molar-refractivity contribution >= 4 is 12.0 Å². The van der Waals surface area contributed by atoms with Gasteiger partial charge in [-0.3, -0.25) is 9.69 Å². The van der Waals surface area contributed by atoms with Crippen molar-refractivity contribution in [1.29, 1.82) is 0 Å². The van der Waals surface area contributed by atoms with Crippen molar-refractivity contribution in [3.8, 4) is 11.4 Å². The van der Waals surface area contributed by atoms with Gasteiger partial charge in [0, 0.05) is 38.0 Å². The third-order valence-electron chi connectivity index (χ3n) is 5.10. The summed E-state index contributed by atoms with van der Waals surface area (Å²) >= 11 is 0. The fourth-order valence-corrected chi connectivity index (χ4v) is 3.55. The summed E-state index contributed by atoms with van der Waals surface area (Å²) in [7, 11) is 0. The Morgan fingerprint density at radius 3 is 3.00 bits per heavy atom. The molecule has 8 nitrogen and oxygen atoms in total. The first-order valence-corrected chi connectivity index (χ1v) is 9.21. The summed E-state index contributed by atoms with van der Waals surface area (Å²) < 4.78 is 10.4. The SMILES string of the molecule is Cc1ccccc1-c1noc(CCCC(=O)N2CCN3C(=O)OCC3C2)n1. The number of carbonyl (C=O) groups is 2. The van der Waals surface area contributed by atoms with E-state index in [9.17, 15) is 9.59 Å². The Bertz CT molecular complexity index is 850. The number of fused-ring (bicyclic) bond motifs is 1. The minimum absolute atomic E-state index is 0.0113. The molecule has 0 spiro atoms. The number of nitrogens with zero attached hydrogens (tertiary/aromatic N) is 4. The van der Waals surface area contributed by atoms with E-state index in [1.807, 2.05) is 36.1 Å². The van der Waals surface area contributed by atoms with Crippen LogP contribution in [0, 0.1) is 6.92 Å². The lowest BCUT2D eigenvalue weighted by molar-refractivity contribution is -0.133. The number of aryl methyl sites for hydroxylation is 2. The number of benzene rings is 1. The highest BCUT2D eigenvalue weighted by Crippen LogP contribution is 2.21. The first-order valence-electron chi connectivity index (χ1n) is 9.21. The van der Waals surface area contributed by atoms with Gasteiger partial charge in [0.1, 0.15) is 6.61 Å². The number of cyclic esters (lactones) is 1. The standard InChI is InChI=1S/C19H22N4O4/c1-13-5-2-3-6-15(13)18-20-16(27-21-18)7-4-8-17(24)22-9-10-23-14(11-22)12-26-19(23)25/h2-3,5-6,14H,4,7-12H2,1H3. The Hall–Kier alpha value is -2.90. The molecule has 0 bridgehead atoms. The monoisotopic (exact) mass is 370 g/mol. The zero-order valence-corrected chi connectivity index (χ0v) is 15.3. The lowest BCUT2D eigenvalue weighted by Gasteiger charge is -2.35. The third-order valence-corrected chi connectivity index (χ3v) is 5.10. The van der Waals surface area contributed by atoms with E-state index in [4.69, 9.17) is 9.26 Å². The Labute approximate surface area is 157 Å². The molecule has 0 N–H and O–H groups in total. The number of rotatable bonds is 5. The van der Waals surface area contributed by atoms with E-state index in [1.165, 1.54) is 0 Å². The molecule has 0 aliphatic carbocycles. The molecule has 0 radical (unpaired) electrons. The smallest absolute Gasteiger partial charge is 0.410 e. The Balaban J connectivity index is 1.27. The van der Waals surface area contributed by atoms with E-state index >= 15 is 0 Å². The fraction of sp³-hybridized carbons (Fsp3) is 0.474. The lowest BCUT2D eigenvalue weighted by atomic mass is 10.1. The minimum Gasteiger partial charge on any atom is -0.447 e. The van der Waals surface area contributed by atoms with E-state index in [2.05, 4.69) is 10.1 Å². The summed E-state index contributed by atoms with van der Waals surface area (Å²) in [5, 5.41) is 4.05. The van der Waals surface area contributed by atoms with E-state index in [0.29, 0.717) is 57.2 Å². The molecule has 142 valence electrons. The van der Waals surface area contributed by atoms with Crippen LogP contribution >= 0.6 is 0 Å². The van der Waals surface area contributed by atoms with Crippen LogP contribution in [0.3, 0.4) is 0 Å². The van der Waals surface area contributed by atoms with Gasteiger partial charge in [-0.25, -0.2) is 4.79 Å². The first-order chi connectivity index (χ1) is 13.1. The van der Waals surface area contributed by atoms with Crippen molar-refractivity contribution in [3.63, 3.8) is 0 Å². The normalized spacial score (nSPS) is 19.1. The summed E-state index contributed by atoms with van der Waals surface area (Å²) in [5.74, 6) is 1.21. The van der Waals surface area contributed by atoms with Crippen LogP contribution in [-0.2, 0) is 16.0 Å². The zero-order valence-electron chi connectivity index (χ0n) is 15.3. The summed E-state index contributed by atoms with van der Waals surface area (Å²) in [6, 6.07) is 7.87. The van der Waals surface area contributed by atoms with Crippen molar-refractivity contribution < 1.29 is 18.8 Å². The summed E-state index contributed by atoms with van der Waals surface area (Å²) in [6.45, 7) is 4.02. The van der Waals surface area contributed by atoms with Crippen LogP contribution in [0.2, 0.25) is 0 Å². The molecule has 2 saturated heterocycles. The summed E-state index contributed by atoms with van der Waals surface area (Å²) in [6.07, 6.45) is 1.36. The van der Waals surface area contributed by atoms with Gasteiger partial charge >= 0.3 is 6.09 Å². The molecule has 8 heteroatoms. The van der Waals surface area contributed by atoms with Gasteiger partial charge in [-0.2, -0.15) is 4.98 Å². The second kappa shape index (κ2) is 7.38. The van der Waals surface area contributed by atoms with Gasteiger partial charge in [-0.15, -0.1) is 0 Å². The summed E-state index contributed by atoms with van der Waals surface area (Å²) in [4.78, 5) is 31.9. The Morgan fingerprint density at radius 1 is 1.30 bits per heavy atom. The van der Waals surface area contributed by atoms with Crippen LogP contribution in [0.5, 0.6) is 0 Å². The maximum Gasteiger partial charge on any atom is 0.410 e. The van der Waals surface area contributed by atoms with Gasteiger partial charge in [0.2, 0.25) is 17.6 Å². The summed E-state index contributed by atoms with van der Waals surface area (Å²) in [5.41, 5.74) is 2.04. The second-order valence-corrected chi connectivity index (χ2v) is 6.94. The van der Waals surface area contributed by atoms with E-state index in [1.54, 1.807) is 4.90 Å². The molecule has 0 saturated carbocycles. The molecule has 1 aromatic carbocycles. The second-order valence-electron chi connectivity index (χ2n) is 6.94. The highest BCUT2D eigenvalue weighted by atomic mass is 16.6. The Morgan fingerprint density at radius 2 is 2.15 bits per heavy atom. The predicted molar refractivity (Wildman–Crippen MR) is 95.8 cm³/mol. The molecule has 27 heavy (non-hydrogen) atoms. The van der Waals surface area contributed by atoms with Gasteiger partial charge in [-0.1, -0.05) is 29.4 Å². The van der Waals surface area contributed by atoms with Crippen molar-refractivity contribution in [2.24, 2.45) is 0 Å². The topological polar surface area (TPSA) is 88.8 Å². The van der Waals surface area contributed by atoms with Crippen LogP contribution in [-0.4, -0.2) is 64.2 Å². The van der Waals surface area contributed by atoms with Crippen LogP contribution in [0.25, 0.3) is 11.4 Å². The van der Waals surface area contributed by atoms with Crippen LogP contribution in [0.15, 0.2) is 28.8 Å². The van der Waals surface area contributed by atoms with Gasteiger partial charge in [0.15, 0.2) is 0 Å². The minimum atomic E-state index is -0.270. The number of piperazine rings is 1. The molecule has 1 unspecified atom stereocenters. The van der Waals surface area contributed by atoms with E-state index in [-0.39, 0.29) is 18.0 Å². The van der Waals surface area contributed by atoms with Crippen molar-refractivity contribution in [2.45, 2.75) is 32.2 Å². The number of carbonyl (C=O) groups excluding carboxylic acids is 2. The maximum atomic E-state index is 12.4. The van der Waals surface area contributed by atoms with Crippen LogP contribution in [0.4, 0.5) is 4.79 Å². The first kappa shape index (κ1) is 17.5. The Kier molecular flexibility index (Phi) is 4.79. The molecular weight excluding hydrogens is 348 g/mol. The number of hydrogen-bond donors (Lipinski definition) is 0. The number of aromatic nitrogens is 2. The van der Waals surface area contributed by atoms with Crippen molar-refractivity contribution in [3.05, 3.63) is 35.7 Å². The molecule has 1 atom stereocenters. The third kappa shape index (κ3) is 3.65. The average molecular weight is 370 g/mol. The quantitative estimate of drug-likeness (QED) is 0.800. The molecular formula is C19H22N4O4. The highest BCUT2D eigenvalue weighted by Gasteiger charge is 2.38. The fourth-order valence-electron chi connectivity index (χ4n) is 3.55.